The van der Waals surface area contributed by atoms with Gasteiger partial charge >= 0.3 is 0 Å². The monoisotopic (exact) mass is 211 g/mol. The van der Waals surface area contributed by atoms with E-state index < -0.39 is 0 Å². The lowest BCUT2D eigenvalue weighted by atomic mass is 9.65. The highest BCUT2D eigenvalue weighted by molar-refractivity contribution is 4.85. The predicted molar refractivity (Wildman–Crippen MR) is 68.0 cm³/mol. The maximum Gasteiger partial charge on any atom is -0.00190 e. The summed E-state index contributed by atoms with van der Waals surface area (Å²) in [6.07, 6.45) is 2.80. The molecule has 0 spiro atoms. The number of hydrogen-bond acceptors (Lipinski definition) is 1. The topological polar surface area (TPSA) is 3.24 Å². The predicted octanol–water partition coefficient (Wildman–Crippen LogP) is 3.65. The van der Waals surface area contributed by atoms with Gasteiger partial charge in [-0.1, -0.05) is 34.6 Å². The molecular formula is C14H29N. The Labute approximate surface area is 96.2 Å². The van der Waals surface area contributed by atoms with Crippen molar-refractivity contribution in [1.82, 2.24) is 4.90 Å². The van der Waals surface area contributed by atoms with Gasteiger partial charge in [-0.2, -0.15) is 0 Å². The Morgan fingerprint density at radius 3 is 1.87 bits per heavy atom. The van der Waals surface area contributed by atoms with Gasteiger partial charge in [0.1, 0.15) is 0 Å². The van der Waals surface area contributed by atoms with Crippen LogP contribution in [0.4, 0.5) is 0 Å². The summed E-state index contributed by atoms with van der Waals surface area (Å²) in [6, 6.07) is 0. The summed E-state index contributed by atoms with van der Waals surface area (Å²) in [5.74, 6) is 2.64. The summed E-state index contributed by atoms with van der Waals surface area (Å²) in [6.45, 7) is 14.6. The summed E-state index contributed by atoms with van der Waals surface area (Å²) in [4.78, 5) is 2.47. The maximum atomic E-state index is 2.47. The molecule has 0 amide bonds. The van der Waals surface area contributed by atoms with Gasteiger partial charge < -0.3 is 4.90 Å². The summed E-state index contributed by atoms with van der Waals surface area (Å²) < 4.78 is 0. The zero-order chi connectivity index (χ0) is 11.6. The molecule has 1 aliphatic rings. The van der Waals surface area contributed by atoms with Gasteiger partial charge in [0.05, 0.1) is 0 Å². The summed E-state index contributed by atoms with van der Waals surface area (Å²) in [5.41, 5.74) is 0.467. The molecule has 1 atom stereocenters. The summed E-state index contributed by atoms with van der Waals surface area (Å²) in [5, 5.41) is 0. The molecule has 1 unspecified atom stereocenters. The molecule has 1 fully saturated rings. The molecule has 1 heterocycles. The number of likely N-dealkylation sites (tertiary alicyclic amines) is 1. The second-order valence-electron chi connectivity index (χ2n) is 6.78. The number of piperidine rings is 1. The SMILES string of the molecule is CC(C)C(C1CCN(C)CC1)C(C)(C)C. The lowest BCUT2D eigenvalue weighted by molar-refractivity contribution is 0.0612. The van der Waals surface area contributed by atoms with Gasteiger partial charge in [0.2, 0.25) is 0 Å². The van der Waals surface area contributed by atoms with Crippen LogP contribution in [0.15, 0.2) is 0 Å². The van der Waals surface area contributed by atoms with Crippen LogP contribution in [0.25, 0.3) is 0 Å². The second-order valence-corrected chi connectivity index (χ2v) is 6.78. The second kappa shape index (κ2) is 4.86. The van der Waals surface area contributed by atoms with Crippen molar-refractivity contribution in [2.75, 3.05) is 20.1 Å². The smallest absolute Gasteiger partial charge is 0.00190 e. The molecule has 1 nitrogen and oxygen atoms in total. The molecule has 0 aromatic heterocycles. The average Bonchev–Trinajstić information content (AvgIpc) is 2.05. The average molecular weight is 211 g/mol. The fraction of sp³-hybridized carbons (Fsp3) is 1.00. The van der Waals surface area contributed by atoms with Gasteiger partial charge in [0.15, 0.2) is 0 Å². The largest absolute Gasteiger partial charge is 0.306 e. The molecule has 1 saturated heterocycles. The number of nitrogens with zero attached hydrogens (tertiary/aromatic N) is 1. The Morgan fingerprint density at radius 1 is 1.07 bits per heavy atom. The van der Waals surface area contributed by atoms with E-state index in [9.17, 15) is 0 Å². The highest BCUT2D eigenvalue weighted by Gasteiger charge is 2.35. The van der Waals surface area contributed by atoms with E-state index in [2.05, 4.69) is 46.6 Å². The minimum Gasteiger partial charge on any atom is -0.306 e. The van der Waals surface area contributed by atoms with E-state index in [4.69, 9.17) is 0 Å². The maximum absolute atomic E-state index is 2.47. The van der Waals surface area contributed by atoms with E-state index in [0.717, 1.165) is 17.8 Å². The normalized spacial score (nSPS) is 23.4. The zero-order valence-corrected chi connectivity index (χ0v) is 11.5. The molecule has 1 rings (SSSR count). The zero-order valence-electron chi connectivity index (χ0n) is 11.5. The molecule has 0 bridgehead atoms. The van der Waals surface area contributed by atoms with Gasteiger partial charge in [-0.15, -0.1) is 0 Å². The van der Waals surface area contributed by atoms with Crippen LogP contribution in [0.3, 0.4) is 0 Å². The van der Waals surface area contributed by atoms with Crippen LogP contribution >= 0.6 is 0 Å². The molecule has 0 saturated carbocycles. The van der Waals surface area contributed by atoms with Crippen LogP contribution in [0.1, 0.15) is 47.5 Å². The molecule has 1 heteroatoms. The van der Waals surface area contributed by atoms with Crippen molar-refractivity contribution in [2.24, 2.45) is 23.2 Å². The van der Waals surface area contributed by atoms with E-state index in [-0.39, 0.29) is 0 Å². The van der Waals surface area contributed by atoms with Crippen LogP contribution in [0, 0.1) is 23.2 Å². The molecule has 0 aromatic carbocycles. The molecule has 1 aliphatic heterocycles. The van der Waals surface area contributed by atoms with Crippen molar-refractivity contribution in [3.8, 4) is 0 Å². The first kappa shape index (κ1) is 13.0. The fourth-order valence-corrected chi connectivity index (χ4v) is 3.64. The first-order valence-electron chi connectivity index (χ1n) is 6.51. The van der Waals surface area contributed by atoms with E-state index in [0.29, 0.717) is 5.41 Å². The Hall–Kier alpha value is -0.0400. The van der Waals surface area contributed by atoms with Crippen LogP contribution < -0.4 is 0 Å². The molecule has 90 valence electrons. The Balaban J connectivity index is 2.65. The molecular weight excluding hydrogens is 182 g/mol. The molecule has 15 heavy (non-hydrogen) atoms. The molecule has 0 N–H and O–H groups in total. The molecule has 0 aromatic rings. The first-order chi connectivity index (χ1) is 6.82. The fourth-order valence-electron chi connectivity index (χ4n) is 3.64. The first-order valence-corrected chi connectivity index (χ1v) is 6.51. The van der Waals surface area contributed by atoms with Crippen molar-refractivity contribution < 1.29 is 0 Å². The van der Waals surface area contributed by atoms with Crippen LogP contribution in [0.2, 0.25) is 0 Å². The van der Waals surface area contributed by atoms with E-state index >= 15 is 0 Å². The van der Waals surface area contributed by atoms with E-state index in [1.54, 1.807) is 0 Å². The van der Waals surface area contributed by atoms with Gasteiger partial charge in [-0.3, -0.25) is 0 Å². The number of rotatable bonds is 2. The minimum absolute atomic E-state index is 0.467. The highest BCUT2D eigenvalue weighted by Crippen LogP contribution is 2.41. The van der Waals surface area contributed by atoms with Crippen molar-refractivity contribution in [3.05, 3.63) is 0 Å². The quantitative estimate of drug-likeness (QED) is 0.674. The van der Waals surface area contributed by atoms with Crippen molar-refractivity contribution in [1.29, 1.82) is 0 Å². The number of hydrogen-bond donors (Lipinski definition) is 0. The van der Waals surface area contributed by atoms with Gasteiger partial charge in [0.25, 0.3) is 0 Å². The molecule has 0 radical (unpaired) electrons. The van der Waals surface area contributed by atoms with Crippen molar-refractivity contribution >= 4 is 0 Å². The van der Waals surface area contributed by atoms with E-state index in [1.807, 2.05) is 0 Å². The van der Waals surface area contributed by atoms with Crippen LogP contribution in [0.5, 0.6) is 0 Å². The standard InChI is InChI=1S/C14H29N/c1-11(2)13(14(3,4)5)12-7-9-15(6)10-8-12/h11-13H,7-10H2,1-6H3. The summed E-state index contributed by atoms with van der Waals surface area (Å²) in [7, 11) is 2.25. The lowest BCUT2D eigenvalue weighted by Gasteiger charge is -2.43. The highest BCUT2D eigenvalue weighted by atomic mass is 15.1. The Kier molecular flexibility index (Phi) is 4.22. The van der Waals surface area contributed by atoms with Crippen molar-refractivity contribution in [2.45, 2.75) is 47.5 Å². The molecule has 0 aliphatic carbocycles. The van der Waals surface area contributed by atoms with Gasteiger partial charge in [-0.05, 0) is 56.1 Å². The third kappa shape index (κ3) is 3.48. The Bertz CT molecular complexity index is 182. The van der Waals surface area contributed by atoms with Crippen molar-refractivity contribution in [3.63, 3.8) is 0 Å². The van der Waals surface area contributed by atoms with Gasteiger partial charge in [-0.25, -0.2) is 0 Å². The third-order valence-corrected chi connectivity index (χ3v) is 3.99. The van der Waals surface area contributed by atoms with Gasteiger partial charge in [0, 0.05) is 0 Å². The lowest BCUT2D eigenvalue weighted by Crippen LogP contribution is -2.39. The van der Waals surface area contributed by atoms with Crippen LogP contribution in [-0.4, -0.2) is 25.0 Å². The third-order valence-electron chi connectivity index (χ3n) is 3.99. The minimum atomic E-state index is 0.467. The summed E-state index contributed by atoms with van der Waals surface area (Å²) >= 11 is 0. The van der Waals surface area contributed by atoms with E-state index in [1.165, 1.54) is 25.9 Å². The Morgan fingerprint density at radius 2 is 1.53 bits per heavy atom. The van der Waals surface area contributed by atoms with Crippen LogP contribution in [-0.2, 0) is 0 Å².